The van der Waals surface area contributed by atoms with Crippen molar-refractivity contribution in [3.05, 3.63) is 105 Å². The summed E-state index contributed by atoms with van der Waals surface area (Å²) in [5, 5.41) is 12.2. The Kier molecular flexibility index (Phi) is 9.30. The maximum atomic E-state index is 13.4. The van der Waals surface area contributed by atoms with E-state index in [0.29, 0.717) is 59.7 Å². The van der Waals surface area contributed by atoms with Crippen LogP contribution in [0.4, 0.5) is 0 Å². The van der Waals surface area contributed by atoms with E-state index in [2.05, 4.69) is 4.90 Å². The van der Waals surface area contributed by atoms with E-state index in [1.807, 2.05) is 37.3 Å². The van der Waals surface area contributed by atoms with Crippen LogP contribution in [0.5, 0.6) is 5.75 Å². The van der Waals surface area contributed by atoms with Gasteiger partial charge in [0, 0.05) is 31.7 Å². The van der Waals surface area contributed by atoms with Gasteiger partial charge in [0.25, 0.3) is 11.7 Å². The molecule has 0 radical (unpaired) electrons. The monoisotopic (exact) mass is 594 g/mol. The lowest BCUT2D eigenvalue weighted by Gasteiger charge is -2.29. The molecular weight excluding hydrogens is 563 g/mol. The average molecular weight is 596 g/mol. The molecule has 0 saturated carbocycles. The fraction of sp³-hybridized carbons (Fsp3) is 0.312. The number of amides is 1. The molecule has 0 aromatic heterocycles. The number of ether oxygens (including phenoxy) is 2. The number of benzene rings is 3. The van der Waals surface area contributed by atoms with Gasteiger partial charge in [0.05, 0.1) is 34.9 Å². The number of hydrogen-bond donors (Lipinski definition) is 1. The lowest BCUT2D eigenvalue weighted by atomic mass is 9.94. The van der Waals surface area contributed by atoms with Crippen LogP contribution >= 0.6 is 23.2 Å². The molecule has 1 N–H and O–H groups in total. The summed E-state index contributed by atoms with van der Waals surface area (Å²) in [6.45, 7) is 6.42. The van der Waals surface area contributed by atoms with Crippen molar-refractivity contribution in [1.82, 2.24) is 9.80 Å². The molecule has 3 aromatic rings. The number of aliphatic hydroxyl groups is 1. The second-order valence-corrected chi connectivity index (χ2v) is 11.0. The third kappa shape index (κ3) is 6.60. The Morgan fingerprint density at radius 2 is 1.73 bits per heavy atom. The molecule has 3 aromatic carbocycles. The fourth-order valence-corrected chi connectivity index (χ4v) is 5.59. The van der Waals surface area contributed by atoms with Gasteiger partial charge >= 0.3 is 0 Å². The number of rotatable bonds is 9. The minimum absolute atomic E-state index is 0.0251. The molecule has 2 heterocycles. The molecule has 1 amide bonds. The largest absolute Gasteiger partial charge is 0.507 e. The van der Waals surface area contributed by atoms with Gasteiger partial charge in [0.1, 0.15) is 18.1 Å². The van der Waals surface area contributed by atoms with Crippen LogP contribution in [0, 0.1) is 6.92 Å². The highest BCUT2D eigenvalue weighted by Crippen LogP contribution is 2.41. The first-order valence-corrected chi connectivity index (χ1v) is 14.4. The molecule has 9 heteroatoms. The lowest BCUT2D eigenvalue weighted by molar-refractivity contribution is -0.140. The number of ketones is 1. The first-order chi connectivity index (χ1) is 19.8. The maximum absolute atomic E-state index is 13.4. The molecular formula is C32H32Cl2N2O5. The number of morpholine rings is 1. The van der Waals surface area contributed by atoms with E-state index in [-0.39, 0.29) is 11.3 Å². The quantitative estimate of drug-likeness (QED) is 0.185. The molecule has 7 nitrogen and oxygen atoms in total. The molecule has 5 rings (SSSR count). The van der Waals surface area contributed by atoms with E-state index in [0.717, 1.165) is 30.8 Å². The Bertz CT molecular complexity index is 1450. The second-order valence-electron chi connectivity index (χ2n) is 10.2. The predicted molar refractivity (Wildman–Crippen MR) is 159 cm³/mol. The standard InChI is InChI=1S/C32H32Cl2N2O5/c1-21-18-24(9-11-27(21)41-20-22-6-3-2-4-7-22)30(37)28-29(23-8-10-25(33)26(34)19-23)36(32(39)31(28)38)13-5-12-35-14-16-40-17-15-35/h2-4,6-11,18-19,29,37H,5,12-17,20H2,1H3/t29-/m1/s1. The zero-order valence-corrected chi connectivity index (χ0v) is 24.3. The van der Waals surface area contributed by atoms with Gasteiger partial charge in [-0.15, -0.1) is 0 Å². The van der Waals surface area contributed by atoms with E-state index in [1.54, 1.807) is 36.4 Å². The number of carbonyl (C=O) groups excluding carboxylic acids is 2. The summed E-state index contributed by atoms with van der Waals surface area (Å²) in [4.78, 5) is 30.6. The van der Waals surface area contributed by atoms with Gasteiger partial charge in [-0.1, -0.05) is 59.6 Å². The topological polar surface area (TPSA) is 79.3 Å². The summed E-state index contributed by atoms with van der Waals surface area (Å²) in [7, 11) is 0. The van der Waals surface area contributed by atoms with E-state index in [9.17, 15) is 14.7 Å². The zero-order chi connectivity index (χ0) is 28.9. The van der Waals surface area contributed by atoms with Crippen LogP contribution in [0.3, 0.4) is 0 Å². The molecule has 0 unspecified atom stereocenters. The van der Waals surface area contributed by atoms with Gasteiger partial charge in [0.2, 0.25) is 0 Å². The molecule has 214 valence electrons. The Labute approximate surface area is 249 Å². The van der Waals surface area contributed by atoms with E-state index >= 15 is 0 Å². The number of aliphatic hydroxyl groups excluding tert-OH is 1. The Hall–Kier alpha value is -3.36. The SMILES string of the molecule is Cc1cc(C(O)=C2C(=O)C(=O)N(CCCN3CCOCC3)[C@@H]2c2ccc(Cl)c(Cl)c2)ccc1OCc1ccccc1. The summed E-state index contributed by atoms with van der Waals surface area (Å²) < 4.78 is 11.4. The van der Waals surface area contributed by atoms with E-state index in [4.69, 9.17) is 32.7 Å². The van der Waals surface area contributed by atoms with Crippen LogP contribution in [-0.2, 0) is 20.9 Å². The molecule has 2 fully saturated rings. The van der Waals surface area contributed by atoms with Gasteiger partial charge in [-0.3, -0.25) is 14.5 Å². The van der Waals surface area contributed by atoms with Crippen LogP contribution in [0.25, 0.3) is 5.76 Å². The summed E-state index contributed by atoms with van der Waals surface area (Å²) in [5.74, 6) is -0.959. The molecule has 0 spiro atoms. The van der Waals surface area contributed by atoms with Gasteiger partial charge in [0.15, 0.2) is 0 Å². The lowest BCUT2D eigenvalue weighted by Crippen LogP contribution is -2.38. The summed E-state index contributed by atoms with van der Waals surface area (Å²) >= 11 is 12.5. The average Bonchev–Trinajstić information content (AvgIpc) is 3.23. The highest BCUT2D eigenvalue weighted by atomic mass is 35.5. The van der Waals surface area contributed by atoms with E-state index in [1.165, 1.54) is 4.90 Å². The molecule has 2 saturated heterocycles. The van der Waals surface area contributed by atoms with Crippen molar-refractivity contribution in [3.8, 4) is 5.75 Å². The van der Waals surface area contributed by atoms with Crippen molar-refractivity contribution in [2.24, 2.45) is 0 Å². The van der Waals surface area contributed by atoms with Crippen LogP contribution < -0.4 is 4.74 Å². The number of Topliss-reactive ketones (excluding diaryl/α,β-unsaturated/α-hetero) is 1. The molecule has 0 aliphatic carbocycles. The van der Waals surface area contributed by atoms with Crippen molar-refractivity contribution in [3.63, 3.8) is 0 Å². The maximum Gasteiger partial charge on any atom is 0.295 e. The van der Waals surface area contributed by atoms with Gasteiger partial charge < -0.3 is 19.5 Å². The number of carbonyl (C=O) groups is 2. The first-order valence-electron chi connectivity index (χ1n) is 13.6. The third-order valence-electron chi connectivity index (χ3n) is 7.46. The van der Waals surface area contributed by atoms with E-state index < -0.39 is 17.7 Å². The highest BCUT2D eigenvalue weighted by Gasteiger charge is 2.46. The van der Waals surface area contributed by atoms with Crippen LogP contribution in [-0.4, -0.2) is 66.0 Å². The highest BCUT2D eigenvalue weighted by molar-refractivity contribution is 6.46. The number of halogens is 2. The van der Waals surface area contributed by atoms with Gasteiger partial charge in [-0.2, -0.15) is 0 Å². The first kappa shape index (κ1) is 29.1. The van der Waals surface area contributed by atoms with Crippen molar-refractivity contribution in [2.75, 3.05) is 39.4 Å². The third-order valence-corrected chi connectivity index (χ3v) is 8.20. The van der Waals surface area contributed by atoms with Crippen molar-refractivity contribution in [2.45, 2.75) is 26.0 Å². The van der Waals surface area contributed by atoms with Gasteiger partial charge in [-0.05, 0) is 60.4 Å². The van der Waals surface area contributed by atoms with Crippen molar-refractivity contribution < 1.29 is 24.2 Å². The molecule has 2 aliphatic heterocycles. The Morgan fingerprint density at radius 3 is 2.44 bits per heavy atom. The summed E-state index contributed by atoms with van der Waals surface area (Å²) in [5.41, 5.74) is 2.87. The van der Waals surface area contributed by atoms with Crippen LogP contribution in [0.2, 0.25) is 10.0 Å². The van der Waals surface area contributed by atoms with Crippen molar-refractivity contribution in [1.29, 1.82) is 0 Å². The number of aryl methyl sites for hydroxylation is 1. The Morgan fingerprint density at radius 1 is 0.976 bits per heavy atom. The number of hydrogen-bond acceptors (Lipinski definition) is 6. The molecule has 2 aliphatic rings. The minimum Gasteiger partial charge on any atom is -0.507 e. The zero-order valence-electron chi connectivity index (χ0n) is 22.8. The smallest absolute Gasteiger partial charge is 0.295 e. The Balaban J connectivity index is 1.44. The van der Waals surface area contributed by atoms with Crippen LogP contribution in [0.15, 0.2) is 72.3 Å². The molecule has 41 heavy (non-hydrogen) atoms. The summed E-state index contributed by atoms with van der Waals surface area (Å²) in [6, 6.07) is 19.3. The van der Waals surface area contributed by atoms with Gasteiger partial charge in [-0.25, -0.2) is 0 Å². The summed E-state index contributed by atoms with van der Waals surface area (Å²) in [6.07, 6.45) is 0.664. The minimum atomic E-state index is -0.802. The molecule has 1 atom stereocenters. The van der Waals surface area contributed by atoms with Crippen molar-refractivity contribution >= 4 is 40.7 Å². The van der Waals surface area contributed by atoms with Crippen LogP contribution in [0.1, 0.15) is 34.7 Å². The molecule has 0 bridgehead atoms. The second kappa shape index (κ2) is 13.1. The number of likely N-dealkylation sites (tertiary alicyclic amines) is 1. The normalized spacial score (nSPS) is 19.1. The number of nitrogens with zero attached hydrogens (tertiary/aromatic N) is 2. The predicted octanol–water partition coefficient (Wildman–Crippen LogP) is 6.02. The fourth-order valence-electron chi connectivity index (χ4n) is 5.28.